The number of fused-ring (bicyclic) bond motifs is 1. The molecule has 0 saturated heterocycles. The fraction of sp³-hybridized carbons (Fsp3) is 0.100. The molecule has 1 heterocycles. The highest BCUT2D eigenvalue weighted by atomic mass is 127. The van der Waals surface area contributed by atoms with Gasteiger partial charge in [-0.2, -0.15) is 0 Å². The summed E-state index contributed by atoms with van der Waals surface area (Å²) in [5, 5.41) is 1.17. The standard InChI is InChI=1S/C10H7IOS2/c1-13-8-4-9-6(2-7(8)5-12)3-10(11)14-9/h2-5H,1H3. The fourth-order valence-electron chi connectivity index (χ4n) is 1.32. The number of hydrogen-bond acceptors (Lipinski definition) is 3. The topological polar surface area (TPSA) is 17.1 Å². The van der Waals surface area contributed by atoms with E-state index < -0.39 is 0 Å². The predicted molar refractivity (Wildman–Crippen MR) is 71.7 cm³/mol. The number of thioether (sulfide) groups is 1. The van der Waals surface area contributed by atoms with Crippen LogP contribution in [0.15, 0.2) is 23.1 Å². The molecule has 4 heteroatoms. The molecular formula is C10H7IOS2. The molecular weight excluding hydrogens is 327 g/mol. The van der Waals surface area contributed by atoms with Crippen LogP contribution >= 0.6 is 45.7 Å². The van der Waals surface area contributed by atoms with Gasteiger partial charge in [-0.25, -0.2) is 0 Å². The second-order valence-corrected chi connectivity index (χ2v) is 6.63. The lowest BCUT2D eigenvalue weighted by Crippen LogP contribution is -1.83. The van der Waals surface area contributed by atoms with Gasteiger partial charge in [0.15, 0.2) is 6.29 Å². The molecule has 0 aliphatic rings. The van der Waals surface area contributed by atoms with Crippen molar-refractivity contribution >= 4 is 62.1 Å². The predicted octanol–water partition coefficient (Wildman–Crippen LogP) is 4.04. The fourth-order valence-corrected chi connectivity index (χ4v) is 3.83. The smallest absolute Gasteiger partial charge is 0.151 e. The number of thiophene rings is 1. The van der Waals surface area contributed by atoms with E-state index in [9.17, 15) is 4.79 Å². The Labute approximate surface area is 104 Å². The zero-order valence-electron chi connectivity index (χ0n) is 7.41. The molecule has 1 aromatic carbocycles. The number of hydrogen-bond donors (Lipinski definition) is 0. The monoisotopic (exact) mass is 334 g/mol. The van der Waals surface area contributed by atoms with Gasteiger partial charge in [-0.3, -0.25) is 4.79 Å². The van der Waals surface area contributed by atoms with Gasteiger partial charge in [0, 0.05) is 15.2 Å². The van der Waals surface area contributed by atoms with Gasteiger partial charge >= 0.3 is 0 Å². The van der Waals surface area contributed by atoms with E-state index in [0.717, 1.165) is 16.7 Å². The molecule has 14 heavy (non-hydrogen) atoms. The number of rotatable bonds is 2. The Hall–Kier alpha value is -0.0700. The maximum absolute atomic E-state index is 10.8. The van der Waals surface area contributed by atoms with Crippen LogP contribution in [0.5, 0.6) is 0 Å². The van der Waals surface area contributed by atoms with Crippen LogP contribution < -0.4 is 0 Å². The number of halogens is 1. The van der Waals surface area contributed by atoms with E-state index in [4.69, 9.17) is 0 Å². The molecule has 1 nitrogen and oxygen atoms in total. The summed E-state index contributed by atoms with van der Waals surface area (Å²) < 4.78 is 2.51. The van der Waals surface area contributed by atoms with Gasteiger partial charge in [-0.15, -0.1) is 23.1 Å². The second kappa shape index (κ2) is 4.20. The SMILES string of the molecule is CSc1cc2sc(I)cc2cc1C=O. The average Bonchev–Trinajstić information content (AvgIpc) is 2.54. The summed E-state index contributed by atoms with van der Waals surface area (Å²) in [5.41, 5.74) is 0.791. The highest BCUT2D eigenvalue weighted by Crippen LogP contribution is 2.32. The van der Waals surface area contributed by atoms with Gasteiger partial charge in [0.2, 0.25) is 0 Å². The van der Waals surface area contributed by atoms with Gasteiger partial charge in [-0.05, 0) is 52.4 Å². The van der Waals surface area contributed by atoms with Crippen LogP contribution in [0.3, 0.4) is 0 Å². The van der Waals surface area contributed by atoms with Crippen molar-refractivity contribution in [3.05, 3.63) is 26.6 Å². The summed E-state index contributed by atoms with van der Waals surface area (Å²) in [7, 11) is 0. The Morgan fingerprint density at radius 3 is 2.86 bits per heavy atom. The van der Waals surface area contributed by atoms with E-state index in [0.29, 0.717) is 0 Å². The minimum atomic E-state index is 0.791. The molecule has 0 amide bonds. The zero-order valence-corrected chi connectivity index (χ0v) is 11.2. The van der Waals surface area contributed by atoms with Crippen LogP contribution in [0, 0.1) is 2.88 Å². The van der Waals surface area contributed by atoms with Crippen LogP contribution in [-0.4, -0.2) is 12.5 Å². The van der Waals surface area contributed by atoms with E-state index in [1.807, 2.05) is 12.3 Å². The molecule has 0 saturated carbocycles. The lowest BCUT2D eigenvalue weighted by Gasteiger charge is -2.00. The molecule has 1 aromatic heterocycles. The molecule has 2 aromatic rings. The number of benzene rings is 1. The lowest BCUT2D eigenvalue weighted by molar-refractivity contribution is 0.112. The lowest BCUT2D eigenvalue weighted by atomic mass is 10.2. The Morgan fingerprint density at radius 1 is 1.43 bits per heavy atom. The first kappa shape index (κ1) is 10.4. The summed E-state index contributed by atoms with van der Waals surface area (Å²) >= 11 is 5.68. The van der Waals surface area contributed by atoms with Crippen LogP contribution in [0.25, 0.3) is 10.1 Å². The van der Waals surface area contributed by atoms with E-state index in [-0.39, 0.29) is 0 Å². The number of aldehydes is 1. The molecule has 2 rings (SSSR count). The maximum atomic E-state index is 10.8. The minimum Gasteiger partial charge on any atom is -0.298 e. The van der Waals surface area contributed by atoms with Crippen LogP contribution in [0.4, 0.5) is 0 Å². The summed E-state index contributed by atoms with van der Waals surface area (Å²) in [4.78, 5) is 11.9. The minimum absolute atomic E-state index is 0.791. The van der Waals surface area contributed by atoms with Crippen molar-refractivity contribution < 1.29 is 4.79 Å². The normalized spacial score (nSPS) is 10.7. The third-order valence-corrected chi connectivity index (χ3v) is 4.62. The second-order valence-electron chi connectivity index (χ2n) is 2.80. The Balaban J connectivity index is 2.74. The van der Waals surface area contributed by atoms with Crippen molar-refractivity contribution in [2.75, 3.05) is 6.26 Å². The van der Waals surface area contributed by atoms with Crippen LogP contribution in [0.2, 0.25) is 0 Å². The van der Waals surface area contributed by atoms with Crippen LogP contribution in [-0.2, 0) is 0 Å². The van der Waals surface area contributed by atoms with Crippen molar-refractivity contribution in [3.63, 3.8) is 0 Å². The molecule has 0 radical (unpaired) electrons. The highest BCUT2D eigenvalue weighted by molar-refractivity contribution is 14.1. The third kappa shape index (κ3) is 1.83. The van der Waals surface area contributed by atoms with E-state index in [1.165, 1.54) is 13.0 Å². The van der Waals surface area contributed by atoms with Crippen molar-refractivity contribution in [2.45, 2.75) is 4.90 Å². The molecule has 0 aliphatic heterocycles. The van der Waals surface area contributed by atoms with Crippen molar-refractivity contribution in [3.8, 4) is 0 Å². The molecule has 0 unspecified atom stereocenters. The summed E-state index contributed by atoms with van der Waals surface area (Å²) in [6.45, 7) is 0. The molecule has 0 aliphatic carbocycles. The van der Waals surface area contributed by atoms with Gasteiger partial charge in [-0.1, -0.05) is 0 Å². The molecule has 0 N–H and O–H groups in total. The average molecular weight is 334 g/mol. The Bertz CT molecular complexity index is 490. The molecule has 72 valence electrons. The molecule has 0 bridgehead atoms. The van der Waals surface area contributed by atoms with Gasteiger partial charge in [0.1, 0.15) is 0 Å². The van der Waals surface area contributed by atoms with Gasteiger partial charge < -0.3 is 0 Å². The first-order valence-electron chi connectivity index (χ1n) is 3.97. The van der Waals surface area contributed by atoms with Crippen molar-refractivity contribution in [1.29, 1.82) is 0 Å². The summed E-state index contributed by atoms with van der Waals surface area (Å²) in [6, 6.07) is 6.17. The summed E-state index contributed by atoms with van der Waals surface area (Å²) in [6.07, 6.45) is 2.92. The van der Waals surface area contributed by atoms with Gasteiger partial charge in [0.05, 0.1) is 2.88 Å². The number of carbonyl (C=O) groups excluding carboxylic acids is 1. The van der Waals surface area contributed by atoms with E-state index >= 15 is 0 Å². The van der Waals surface area contributed by atoms with E-state index in [2.05, 4.69) is 34.7 Å². The van der Waals surface area contributed by atoms with Crippen molar-refractivity contribution in [2.24, 2.45) is 0 Å². The summed E-state index contributed by atoms with van der Waals surface area (Å²) in [5.74, 6) is 0. The largest absolute Gasteiger partial charge is 0.298 e. The maximum Gasteiger partial charge on any atom is 0.151 e. The zero-order chi connectivity index (χ0) is 10.1. The molecule has 0 fully saturated rings. The Kier molecular flexibility index (Phi) is 3.14. The van der Waals surface area contributed by atoms with Gasteiger partial charge in [0.25, 0.3) is 0 Å². The van der Waals surface area contributed by atoms with Crippen LogP contribution in [0.1, 0.15) is 10.4 Å². The van der Waals surface area contributed by atoms with Crippen molar-refractivity contribution in [1.82, 2.24) is 0 Å². The third-order valence-electron chi connectivity index (χ3n) is 1.97. The highest BCUT2D eigenvalue weighted by Gasteiger charge is 2.05. The molecule has 0 spiro atoms. The first-order valence-corrected chi connectivity index (χ1v) is 7.09. The Morgan fingerprint density at radius 2 is 2.21 bits per heavy atom. The first-order chi connectivity index (χ1) is 6.74. The molecule has 0 atom stereocenters. The van der Waals surface area contributed by atoms with E-state index in [1.54, 1.807) is 23.1 Å². The quantitative estimate of drug-likeness (QED) is 0.468. The number of carbonyl (C=O) groups is 1.